The Kier molecular flexibility index (Phi) is 5.98. The van der Waals surface area contributed by atoms with Gasteiger partial charge in [0.15, 0.2) is 5.76 Å². The van der Waals surface area contributed by atoms with Crippen LogP contribution in [0.3, 0.4) is 0 Å². The highest BCUT2D eigenvalue weighted by atomic mass is 32.2. The molecule has 1 fully saturated rings. The highest BCUT2D eigenvalue weighted by Crippen LogP contribution is 2.26. The first-order valence-electron chi connectivity index (χ1n) is 9.41. The number of rotatable bonds is 6. The molecule has 1 aliphatic heterocycles. The molecule has 3 aromatic rings. The third-order valence-electron chi connectivity index (χ3n) is 4.77. The molecule has 7 nitrogen and oxygen atoms in total. The van der Waals surface area contributed by atoms with E-state index in [1.165, 1.54) is 21.7 Å². The van der Waals surface area contributed by atoms with Crippen molar-refractivity contribution >= 4 is 27.3 Å². The standard InChI is InChI=1S/C20H19FN2O5S2/c21-16-7-6-14(11-19(16)30(25,26)23-8-2-1-3-9-23)20(24)27-13-15-12-17(28-22-15)18-5-4-10-29-18/h4-7,10-12H,1-3,8-9,13H2. The van der Waals surface area contributed by atoms with Gasteiger partial charge in [0.1, 0.15) is 23.0 Å². The Morgan fingerprint density at radius 2 is 2.00 bits per heavy atom. The van der Waals surface area contributed by atoms with Gasteiger partial charge in [-0.1, -0.05) is 17.6 Å². The molecule has 0 aliphatic carbocycles. The molecule has 0 spiro atoms. The summed E-state index contributed by atoms with van der Waals surface area (Å²) in [6, 6.07) is 8.62. The normalized spacial score (nSPS) is 15.2. The van der Waals surface area contributed by atoms with Gasteiger partial charge < -0.3 is 9.26 Å². The molecule has 0 bridgehead atoms. The van der Waals surface area contributed by atoms with Gasteiger partial charge in [-0.25, -0.2) is 17.6 Å². The smallest absolute Gasteiger partial charge is 0.338 e. The van der Waals surface area contributed by atoms with Crippen molar-refractivity contribution in [1.29, 1.82) is 0 Å². The van der Waals surface area contributed by atoms with Gasteiger partial charge >= 0.3 is 5.97 Å². The monoisotopic (exact) mass is 450 g/mol. The number of carbonyl (C=O) groups is 1. The number of ether oxygens (including phenoxy) is 1. The first kappa shape index (κ1) is 20.7. The van der Waals surface area contributed by atoms with E-state index in [0.29, 0.717) is 24.5 Å². The second kappa shape index (κ2) is 8.66. The number of hydrogen-bond acceptors (Lipinski definition) is 7. The first-order valence-corrected chi connectivity index (χ1v) is 11.7. The Labute approximate surface area is 177 Å². The molecule has 1 saturated heterocycles. The lowest BCUT2D eigenvalue weighted by atomic mass is 10.2. The Balaban J connectivity index is 1.47. The summed E-state index contributed by atoms with van der Waals surface area (Å²) in [7, 11) is -4.01. The van der Waals surface area contributed by atoms with Gasteiger partial charge in [-0.05, 0) is 42.5 Å². The Hall–Kier alpha value is -2.56. The van der Waals surface area contributed by atoms with Crippen LogP contribution < -0.4 is 0 Å². The Bertz CT molecular complexity index is 1140. The number of esters is 1. The summed E-state index contributed by atoms with van der Waals surface area (Å²) in [5.41, 5.74) is 0.365. The maximum Gasteiger partial charge on any atom is 0.338 e. The molecular weight excluding hydrogens is 431 g/mol. The van der Waals surface area contributed by atoms with Crippen LogP contribution in [0.15, 0.2) is 51.2 Å². The van der Waals surface area contributed by atoms with Crippen molar-refractivity contribution in [2.45, 2.75) is 30.8 Å². The molecule has 158 valence electrons. The van der Waals surface area contributed by atoms with E-state index in [2.05, 4.69) is 5.16 Å². The van der Waals surface area contributed by atoms with Gasteiger partial charge in [-0.15, -0.1) is 11.3 Å². The second-order valence-corrected chi connectivity index (χ2v) is 9.70. The molecule has 2 aromatic heterocycles. The summed E-state index contributed by atoms with van der Waals surface area (Å²) >= 11 is 1.49. The predicted molar refractivity (Wildman–Crippen MR) is 108 cm³/mol. The number of nitrogens with zero attached hydrogens (tertiary/aromatic N) is 2. The van der Waals surface area contributed by atoms with Gasteiger partial charge in [0.25, 0.3) is 0 Å². The molecule has 0 N–H and O–H groups in total. The van der Waals surface area contributed by atoms with E-state index in [4.69, 9.17) is 9.26 Å². The molecule has 0 radical (unpaired) electrons. The lowest BCUT2D eigenvalue weighted by Gasteiger charge is -2.26. The number of carbonyl (C=O) groups excluding carboxylic acids is 1. The second-order valence-electron chi connectivity index (χ2n) is 6.85. The largest absolute Gasteiger partial charge is 0.455 e. The van der Waals surface area contributed by atoms with E-state index in [1.54, 1.807) is 6.07 Å². The third kappa shape index (κ3) is 4.30. The predicted octanol–water partition coefficient (Wildman–Crippen LogP) is 4.07. The van der Waals surface area contributed by atoms with Crippen LogP contribution >= 0.6 is 11.3 Å². The maximum atomic E-state index is 14.3. The SMILES string of the molecule is O=C(OCc1cc(-c2cccs2)on1)c1ccc(F)c(S(=O)(=O)N2CCCCC2)c1. The van der Waals surface area contributed by atoms with Gasteiger partial charge in [0.2, 0.25) is 10.0 Å². The van der Waals surface area contributed by atoms with Crippen LogP contribution in [0.5, 0.6) is 0 Å². The molecule has 0 saturated carbocycles. The molecule has 1 aromatic carbocycles. The molecule has 3 heterocycles. The van der Waals surface area contributed by atoms with Crippen molar-refractivity contribution < 1.29 is 26.9 Å². The van der Waals surface area contributed by atoms with Crippen LogP contribution in [-0.2, 0) is 21.4 Å². The van der Waals surface area contributed by atoms with E-state index < -0.39 is 26.7 Å². The fourth-order valence-electron chi connectivity index (χ4n) is 3.21. The zero-order chi connectivity index (χ0) is 21.1. The van der Waals surface area contributed by atoms with E-state index >= 15 is 0 Å². The van der Waals surface area contributed by atoms with Gasteiger partial charge in [-0.3, -0.25) is 0 Å². The van der Waals surface area contributed by atoms with Crippen LogP contribution in [0.1, 0.15) is 35.3 Å². The number of hydrogen-bond donors (Lipinski definition) is 0. The van der Waals surface area contributed by atoms with Crippen LogP contribution in [0.25, 0.3) is 10.6 Å². The van der Waals surface area contributed by atoms with Crippen molar-refractivity contribution in [3.63, 3.8) is 0 Å². The number of benzene rings is 1. The fourth-order valence-corrected chi connectivity index (χ4v) is 5.49. The van der Waals surface area contributed by atoms with Gasteiger partial charge in [-0.2, -0.15) is 4.31 Å². The molecule has 0 amide bonds. The summed E-state index contributed by atoms with van der Waals surface area (Å²) in [5.74, 6) is -1.10. The van der Waals surface area contributed by atoms with E-state index in [0.717, 1.165) is 36.3 Å². The maximum absolute atomic E-state index is 14.3. The van der Waals surface area contributed by atoms with Crippen molar-refractivity contribution in [3.05, 3.63) is 58.9 Å². The average Bonchev–Trinajstić information content (AvgIpc) is 3.45. The topological polar surface area (TPSA) is 89.7 Å². The summed E-state index contributed by atoms with van der Waals surface area (Å²) in [5, 5.41) is 5.77. The summed E-state index contributed by atoms with van der Waals surface area (Å²) in [4.78, 5) is 12.8. The fraction of sp³-hybridized carbons (Fsp3) is 0.300. The highest BCUT2D eigenvalue weighted by molar-refractivity contribution is 7.89. The zero-order valence-corrected chi connectivity index (χ0v) is 17.5. The molecule has 0 unspecified atom stereocenters. The highest BCUT2D eigenvalue weighted by Gasteiger charge is 2.29. The van der Waals surface area contributed by atoms with E-state index in [9.17, 15) is 17.6 Å². The van der Waals surface area contributed by atoms with Crippen molar-refractivity contribution in [2.24, 2.45) is 0 Å². The zero-order valence-electron chi connectivity index (χ0n) is 15.9. The lowest BCUT2D eigenvalue weighted by molar-refractivity contribution is 0.0464. The van der Waals surface area contributed by atoms with Crippen molar-refractivity contribution in [3.8, 4) is 10.6 Å². The lowest BCUT2D eigenvalue weighted by Crippen LogP contribution is -2.36. The Morgan fingerprint density at radius 3 is 2.73 bits per heavy atom. The summed E-state index contributed by atoms with van der Waals surface area (Å²) in [6.07, 6.45) is 2.40. The van der Waals surface area contributed by atoms with Crippen LogP contribution in [0.4, 0.5) is 4.39 Å². The molecule has 30 heavy (non-hydrogen) atoms. The van der Waals surface area contributed by atoms with Crippen LogP contribution in [0, 0.1) is 5.82 Å². The minimum absolute atomic E-state index is 0.0473. The minimum Gasteiger partial charge on any atom is -0.455 e. The van der Waals surface area contributed by atoms with Crippen LogP contribution in [0.2, 0.25) is 0 Å². The van der Waals surface area contributed by atoms with Crippen LogP contribution in [-0.4, -0.2) is 36.9 Å². The third-order valence-corrected chi connectivity index (χ3v) is 7.57. The molecular formula is C20H19FN2O5S2. The number of sulfonamides is 1. The quantitative estimate of drug-likeness (QED) is 0.526. The molecule has 0 atom stereocenters. The van der Waals surface area contributed by atoms with Gasteiger partial charge in [0, 0.05) is 19.2 Å². The summed E-state index contributed by atoms with van der Waals surface area (Å²) in [6.45, 7) is 0.531. The number of halogens is 1. The molecule has 10 heteroatoms. The van der Waals surface area contributed by atoms with Crippen molar-refractivity contribution in [2.75, 3.05) is 13.1 Å². The number of aromatic nitrogens is 1. The first-order chi connectivity index (χ1) is 14.4. The average molecular weight is 451 g/mol. The Morgan fingerprint density at radius 1 is 1.20 bits per heavy atom. The van der Waals surface area contributed by atoms with Crippen molar-refractivity contribution in [1.82, 2.24) is 9.46 Å². The van der Waals surface area contributed by atoms with Gasteiger partial charge in [0.05, 0.1) is 10.4 Å². The van der Waals surface area contributed by atoms with E-state index in [-0.39, 0.29) is 12.2 Å². The minimum atomic E-state index is -4.01. The molecule has 4 rings (SSSR count). The van der Waals surface area contributed by atoms with E-state index in [1.807, 2.05) is 17.5 Å². The molecule has 1 aliphatic rings. The number of thiophene rings is 1. The number of piperidine rings is 1. The summed E-state index contributed by atoms with van der Waals surface area (Å²) < 4.78 is 51.6.